The number of anilines is 1. The van der Waals surface area contributed by atoms with Gasteiger partial charge in [0, 0.05) is 29.5 Å². The standard InChI is InChI=1S/C26H22N4O2S/c1-32-25(31)18-9-7-12-20(17-18)29-16-8-14-22(29)24-23(21-13-5-6-15-27-21)28-26(33)30(24)19-10-3-2-4-11-19/h2-17,23-24H,1H3,(H,28,33)/t23-,24-/m0/s1. The van der Waals surface area contributed by atoms with Crippen molar-refractivity contribution in [2.75, 3.05) is 12.0 Å². The van der Waals surface area contributed by atoms with Gasteiger partial charge in [-0.05, 0) is 66.8 Å². The second kappa shape index (κ2) is 8.88. The molecule has 1 aliphatic rings. The summed E-state index contributed by atoms with van der Waals surface area (Å²) < 4.78 is 6.99. The lowest BCUT2D eigenvalue weighted by molar-refractivity contribution is 0.0600. The van der Waals surface area contributed by atoms with Crippen LogP contribution in [0.4, 0.5) is 5.69 Å². The zero-order chi connectivity index (χ0) is 22.8. The van der Waals surface area contributed by atoms with Crippen molar-refractivity contribution >= 4 is 29.0 Å². The fourth-order valence-electron chi connectivity index (χ4n) is 4.29. The normalized spacial score (nSPS) is 17.6. The van der Waals surface area contributed by atoms with Gasteiger partial charge in [-0.25, -0.2) is 4.79 Å². The van der Waals surface area contributed by atoms with Crippen LogP contribution in [-0.2, 0) is 4.74 Å². The van der Waals surface area contributed by atoms with Gasteiger partial charge in [-0.1, -0.05) is 30.3 Å². The maximum atomic E-state index is 12.1. The van der Waals surface area contributed by atoms with E-state index in [2.05, 4.69) is 25.8 Å². The SMILES string of the molecule is COC(=O)c1cccc(-n2cccc2[C@H]2[C@H](c3ccccn3)NC(=S)N2c2ccccc2)c1. The highest BCUT2D eigenvalue weighted by Gasteiger charge is 2.42. The minimum Gasteiger partial charge on any atom is -0.465 e. The third-order valence-electron chi connectivity index (χ3n) is 5.76. The maximum absolute atomic E-state index is 12.1. The van der Waals surface area contributed by atoms with Crippen LogP contribution in [0.1, 0.15) is 33.8 Å². The van der Waals surface area contributed by atoms with Gasteiger partial charge in [0.2, 0.25) is 0 Å². The molecule has 7 heteroatoms. The molecular formula is C26H22N4O2S. The Morgan fingerprint density at radius 2 is 1.76 bits per heavy atom. The molecule has 2 aromatic heterocycles. The smallest absolute Gasteiger partial charge is 0.337 e. The number of methoxy groups -OCH3 is 1. The molecule has 33 heavy (non-hydrogen) atoms. The Hall–Kier alpha value is -3.97. The highest BCUT2D eigenvalue weighted by atomic mass is 32.1. The molecule has 1 fully saturated rings. The van der Waals surface area contributed by atoms with Gasteiger partial charge < -0.3 is 19.5 Å². The number of nitrogens with one attached hydrogen (secondary N) is 1. The molecule has 0 spiro atoms. The predicted molar refractivity (Wildman–Crippen MR) is 131 cm³/mol. The molecule has 2 aromatic carbocycles. The first-order valence-electron chi connectivity index (χ1n) is 10.6. The molecule has 1 N–H and O–H groups in total. The van der Waals surface area contributed by atoms with Crippen molar-refractivity contribution in [2.24, 2.45) is 0 Å². The first-order valence-corrected chi connectivity index (χ1v) is 11.0. The number of esters is 1. The monoisotopic (exact) mass is 454 g/mol. The number of rotatable bonds is 5. The van der Waals surface area contributed by atoms with Crippen LogP contribution in [0.15, 0.2) is 97.3 Å². The first kappa shape index (κ1) is 20.9. The molecule has 2 atom stereocenters. The highest BCUT2D eigenvalue weighted by molar-refractivity contribution is 7.80. The van der Waals surface area contributed by atoms with E-state index in [0.29, 0.717) is 10.7 Å². The number of carbonyl (C=O) groups is 1. The van der Waals surface area contributed by atoms with Crippen LogP contribution in [0.2, 0.25) is 0 Å². The number of carbonyl (C=O) groups excluding carboxylic acids is 1. The highest BCUT2D eigenvalue weighted by Crippen LogP contribution is 2.42. The summed E-state index contributed by atoms with van der Waals surface area (Å²) in [6.07, 6.45) is 3.78. The summed E-state index contributed by atoms with van der Waals surface area (Å²) in [5, 5.41) is 4.12. The molecule has 164 valence electrons. The summed E-state index contributed by atoms with van der Waals surface area (Å²) in [5.41, 5.74) is 4.28. The molecule has 1 saturated heterocycles. The molecule has 3 heterocycles. The van der Waals surface area contributed by atoms with Crippen molar-refractivity contribution < 1.29 is 9.53 Å². The molecule has 0 saturated carbocycles. The minimum absolute atomic E-state index is 0.156. The Morgan fingerprint density at radius 1 is 0.970 bits per heavy atom. The maximum Gasteiger partial charge on any atom is 0.337 e. The van der Waals surface area contributed by atoms with Crippen molar-refractivity contribution in [1.82, 2.24) is 14.9 Å². The van der Waals surface area contributed by atoms with Crippen LogP contribution in [0.5, 0.6) is 0 Å². The fourth-order valence-corrected chi connectivity index (χ4v) is 4.64. The van der Waals surface area contributed by atoms with E-state index in [1.54, 1.807) is 12.3 Å². The molecule has 0 aliphatic carbocycles. The lowest BCUT2D eigenvalue weighted by atomic mass is 10.0. The molecule has 6 nitrogen and oxygen atoms in total. The fraction of sp³-hybridized carbons (Fsp3) is 0.115. The number of hydrogen-bond acceptors (Lipinski definition) is 4. The van der Waals surface area contributed by atoms with E-state index in [-0.39, 0.29) is 18.1 Å². The molecule has 1 aliphatic heterocycles. The van der Waals surface area contributed by atoms with Crippen molar-refractivity contribution in [3.05, 3.63) is 114 Å². The van der Waals surface area contributed by atoms with Crippen LogP contribution >= 0.6 is 12.2 Å². The Kier molecular flexibility index (Phi) is 5.62. The Morgan fingerprint density at radius 3 is 2.52 bits per heavy atom. The molecule has 5 rings (SSSR count). The third kappa shape index (κ3) is 3.87. The van der Waals surface area contributed by atoms with Gasteiger partial charge in [-0.3, -0.25) is 4.98 Å². The van der Waals surface area contributed by atoms with Gasteiger partial charge in [0.1, 0.15) is 6.04 Å². The van der Waals surface area contributed by atoms with E-state index in [0.717, 1.165) is 22.8 Å². The van der Waals surface area contributed by atoms with Crippen LogP contribution in [0.25, 0.3) is 5.69 Å². The Bertz CT molecular complexity index is 1290. The molecule has 0 radical (unpaired) electrons. The largest absolute Gasteiger partial charge is 0.465 e. The second-order valence-corrected chi connectivity index (χ2v) is 8.06. The summed E-state index contributed by atoms with van der Waals surface area (Å²) in [5.74, 6) is -0.369. The van der Waals surface area contributed by atoms with Crippen LogP contribution in [0, 0.1) is 0 Å². The molecule has 0 bridgehead atoms. The molecule has 0 unspecified atom stereocenters. The average molecular weight is 455 g/mol. The number of para-hydroxylation sites is 1. The Balaban J connectivity index is 1.65. The molecule has 4 aromatic rings. The molecule has 0 amide bonds. The van der Waals surface area contributed by atoms with E-state index < -0.39 is 0 Å². The zero-order valence-corrected chi connectivity index (χ0v) is 18.8. The minimum atomic E-state index is -0.369. The summed E-state index contributed by atoms with van der Waals surface area (Å²) in [4.78, 5) is 18.9. The van der Waals surface area contributed by atoms with E-state index in [1.807, 2.05) is 79.0 Å². The topological polar surface area (TPSA) is 59.4 Å². The van der Waals surface area contributed by atoms with Crippen molar-refractivity contribution in [2.45, 2.75) is 12.1 Å². The Labute approximate surface area is 197 Å². The van der Waals surface area contributed by atoms with E-state index in [4.69, 9.17) is 17.0 Å². The average Bonchev–Trinajstić information content (AvgIpc) is 3.49. The quantitative estimate of drug-likeness (QED) is 0.344. The van der Waals surface area contributed by atoms with Crippen molar-refractivity contribution in [3.8, 4) is 5.69 Å². The molecular weight excluding hydrogens is 432 g/mol. The summed E-state index contributed by atoms with van der Waals surface area (Å²) in [7, 11) is 1.39. The van der Waals surface area contributed by atoms with E-state index in [9.17, 15) is 4.79 Å². The first-order chi connectivity index (χ1) is 16.2. The summed E-state index contributed by atoms with van der Waals surface area (Å²) >= 11 is 5.80. The number of nitrogens with zero attached hydrogens (tertiary/aromatic N) is 3. The number of thiocarbonyl (C=S) groups is 1. The van der Waals surface area contributed by atoms with Crippen molar-refractivity contribution in [3.63, 3.8) is 0 Å². The lowest BCUT2D eigenvalue weighted by Gasteiger charge is -2.29. The summed E-state index contributed by atoms with van der Waals surface area (Å²) in [6.45, 7) is 0. The number of hydrogen-bond donors (Lipinski definition) is 1. The van der Waals surface area contributed by atoms with Gasteiger partial charge in [0.15, 0.2) is 5.11 Å². The van der Waals surface area contributed by atoms with Crippen LogP contribution < -0.4 is 10.2 Å². The second-order valence-electron chi connectivity index (χ2n) is 7.68. The zero-order valence-electron chi connectivity index (χ0n) is 18.0. The third-order valence-corrected chi connectivity index (χ3v) is 6.08. The van der Waals surface area contributed by atoms with E-state index >= 15 is 0 Å². The van der Waals surface area contributed by atoms with Crippen molar-refractivity contribution in [1.29, 1.82) is 0 Å². The van der Waals surface area contributed by atoms with Gasteiger partial charge in [-0.2, -0.15) is 0 Å². The predicted octanol–water partition coefficient (Wildman–Crippen LogP) is 4.84. The van der Waals surface area contributed by atoms with E-state index in [1.165, 1.54) is 7.11 Å². The van der Waals surface area contributed by atoms with Gasteiger partial charge in [0.05, 0.1) is 24.4 Å². The number of pyridine rings is 1. The van der Waals surface area contributed by atoms with Crippen LogP contribution in [0.3, 0.4) is 0 Å². The van der Waals surface area contributed by atoms with Gasteiger partial charge >= 0.3 is 5.97 Å². The van der Waals surface area contributed by atoms with Gasteiger partial charge in [-0.15, -0.1) is 0 Å². The van der Waals surface area contributed by atoms with Crippen LogP contribution in [-0.4, -0.2) is 27.7 Å². The number of benzene rings is 2. The lowest BCUT2D eigenvalue weighted by Crippen LogP contribution is -2.30. The number of aromatic nitrogens is 2. The summed E-state index contributed by atoms with van der Waals surface area (Å²) in [6, 6.07) is 27.2. The number of ether oxygens (including phenoxy) is 1. The van der Waals surface area contributed by atoms with Gasteiger partial charge in [0.25, 0.3) is 0 Å².